The van der Waals surface area contributed by atoms with Crippen LogP contribution in [0.3, 0.4) is 0 Å². The molecule has 0 unspecified atom stereocenters. The van der Waals surface area contributed by atoms with Gasteiger partial charge in [0.25, 0.3) is 0 Å². The van der Waals surface area contributed by atoms with E-state index in [1.165, 1.54) is 5.56 Å². The molecule has 0 amide bonds. The summed E-state index contributed by atoms with van der Waals surface area (Å²) in [5.74, 6) is 0.969. The molecule has 11 heavy (non-hydrogen) atoms. The van der Waals surface area contributed by atoms with Gasteiger partial charge in [-0.3, -0.25) is 4.98 Å². The second kappa shape index (κ2) is 2.53. The summed E-state index contributed by atoms with van der Waals surface area (Å²) in [6.45, 7) is 4.57. The summed E-state index contributed by atoms with van der Waals surface area (Å²) in [5, 5.41) is 0. The number of rotatable bonds is 0. The Bertz CT molecular complexity index is 270. The molecule has 57 valence electrons. The zero-order chi connectivity index (χ0) is 7.68. The van der Waals surface area contributed by atoms with Gasteiger partial charge in [-0.1, -0.05) is 0 Å². The molecule has 1 aromatic rings. The van der Waals surface area contributed by atoms with Crippen molar-refractivity contribution in [2.24, 2.45) is 0 Å². The van der Waals surface area contributed by atoms with Crippen LogP contribution >= 0.6 is 0 Å². The predicted octanol–water partition coefficient (Wildman–Crippen LogP) is 1.59. The first kappa shape index (κ1) is 6.65. The zero-order valence-electron chi connectivity index (χ0n) is 6.34. The Hall–Kier alpha value is -1.05. The van der Waals surface area contributed by atoms with Crippen molar-refractivity contribution in [1.29, 1.82) is 0 Å². The SMILES string of the molecule is [CH2]c1cc2c(cn1)CCCO2. The molecule has 0 bridgehead atoms. The second-order valence-corrected chi connectivity index (χ2v) is 2.74. The highest BCUT2D eigenvalue weighted by atomic mass is 16.5. The maximum absolute atomic E-state index is 5.42. The molecular formula is C9H10NO. The van der Waals surface area contributed by atoms with Gasteiger partial charge in [0.05, 0.1) is 6.61 Å². The van der Waals surface area contributed by atoms with Gasteiger partial charge in [0, 0.05) is 23.5 Å². The van der Waals surface area contributed by atoms with E-state index in [9.17, 15) is 0 Å². The lowest BCUT2D eigenvalue weighted by Crippen LogP contribution is -2.08. The van der Waals surface area contributed by atoms with Crippen LogP contribution in [0.25, 0.3) is 0 Å². The Kier molecular flexibility index (Phi) is 1.53. The molecule has 1 aliphatic heterocycles. The molecule has 0 fully saturated rings. The fourth-order valence-electron chi connectivity index (χ4n) is 1.27. The molecule has 2 heterocycles. The normalized spacial score (nSPS) is 15.4. The number of hydrogen-bond acceptors (Lipinski definition) is 2. The van der Waals surface area contributed by atoms with Gasteiger partial charge >= 0.3 is 0 Å². The van der Waals surface area contributed by atoms with Crippen LogP contribution in [0.15, 0.2) is 12.3 Å². The van der Waals surface area contributed by atoms with Crippen LogP contribution < -0.4 is 4.74 Å². The molecule has 0 atom stereocenters. The number of ether oxygens (including phenoxy) is 1. The molecule has 2 nitrogen and oxygen atoms in total. The Labute approximate surface area is 66.2 Å². The molecule has 1 aliphatic rings. The van der Waals surface area contributed by atoms with Crippen LogP contribution in [-0.2, 0) is 6.42 Å². The molecule has 2 rings (SSSR count). The van der Waals surface area contributed by atoms with E-state index in [2.05, 4.69) is 11.9 Å². The molecule has 0 spiro atoms. The smallest absolute Gasteiger partial charge is 0.125 e. The van der Waals surface area contributed by atoms with Crippen molar-refractivity contribution in [3.05, 3.63) is 30.4 Å². The molecule has 0 aromatic carbocycles. The Morgan fingerprint density at radius 1 is 1.55 bits per heavy atom. The van der Waals surface area contributed by atoms with Gasteiger partial charge in [-0.15, -0.1) is 0 Å². The number of hydrogen-bond donors (Lipinski definition) is 0. The third-order valence-electron chi connectivity index (χ3n) is 1.85. The van der Waals surface area contributed by atoms with Crippen LogP contribution in [0.1, 0.15) is 17.7 Å². The maximum Gasteiger partial charge on any atom is 0.125 e. The van der Waals surface area contributed by atoms with E-state index in [-0.39, 0.29) is 0 Å². The quantitative estimate of drug-likeness (QED) is 0.557. The van der Waals surface area contributed by atoms with E-state index in [0.29, 0.717) is 0 Å². The Balaban J connectivity index is 2.43. The van der Waals surface area contributed by atoms with Crippen LogP contribution in [0.2, 0.25) is 0 Å². The molecule has 0 saturated heterocycles. The second-order valence-electron chi connectivity index (χ2n) is 2.74. The number of aromatic nitrogens is 1. The van der Waals surface area contributed by atoms with Gasteiger partial charge in [-0.2, -0.15) is 0 Å². The number of fused-ring (bicyclic) bond motifs is 1. The fraction of sp³-hybridized carbons (Fsp3) is 0.333. The summed E-state index contributed by atoms with van der Waals surface area (Å²) in [7, 11) is 0. The van der Waals surface area contributed by atoms with E-state index in [1.807, 2.05) is 12.3 Å². The van der Waals surface area contributed by atoms with Crippen molar-refractivity contribution in [3.63, 3.8) is 0 Å². The van der Waals surface area contributed by atoms with Crippen molar-refractivity contribution in [3.8, 4) is 5.75 Å². The van der Waals surface area contributed by atoms with E-state index in [0.717, 1.165) is 30.9 Å². The molecule has 0 saturated carbocycles. The van der Waals surface area contributed by atoms with E-state index in [4.69, 9.17) is 4.74 Å². The standard InChI is InChI=1S/C9H10NO/c1-7-5-9-8(6-10-7)3-2-4-11-9/h5-6H,1-4H2. The zero-order valence-corrected chi connectivity index (χ0v) is 6.34. The topological polar surface area (TPSA) is 22.1 Å². The van der Waals surface area contributed by atoms with E-state index < -0.39 is 0 Å². The van der Waals surface area contributed by atoms with E-state index >= 15 is 0 Å². The van der Waals surface area contributed by atoms with Crippen molar-refractivity contribution in [2.45, 2.75) is 12.8 Å². The summed E-state index contributed by atoms with van der Waals surface area (Å²) in [6, 6.07) is 1.90. The molecule has 0 aliphatic carbocycles. The van der Waals surface area contributed by atoms with Crippen LogP contribution in [0.4, 0.5) is 0 Å². The van der Waals surface area contributed by atoms with Crippen LogP contribution in [0, 0.1) is 6.92 Å². The highest BCUT2D eigenvalue weighted by Gasteiger charge is 2.09. The summed E-state index contributed by atoms with van der Waals surface area (Å²) in [6.07, 6.45) is 4.05. The van der Waals surface area contributed by atoms with Crippen molar-refractivity contribution < 1.29 is 4.74 Å². The Morgan fingerprint density at radius 3 is 3.36 bits per heavy atom. The minimum Gasteiger partial charge on any atom is -0.493 e. The third-order valence-corrected chi connectivity index (χ3v) is 1.85. The predicted molar refractivity (Wildman–Crippen MR) is 42.5 cm³/mol. The lowest BCUT2D eigenvalue weighted by molar-refractivity contribution is 0.287. The summed E-state index contributed by atoms with van der Waals surface area (Å²) >= 11 is 0. The first-order valence-corrected chi connectivity index (χ1v) is 3.80. The number of aryl methyl sites for hydroxylation is 1. The summed E-state index contributed by atoms with van der Waals surface area (Å²) < 4.78 is 5.42. The molecule has 2 heteroatoms. The van der Waals surface area contributed by atoms with Gasteiger partial charge in [0.2, 0.25) is 0 Å². The lowest BCUT2D eigenvalue weighted by atomic mass is 10.1. The lowest BCUT2D eigenvalue weighted by Gasteiger charge is -2.16. The molecule has 0 N–H and O–H groups in total. The molecular weight excluding hydrogens is 138 g/mol. The third kappa shape index (κ3) is 1.20. The average Bonchev–Trinajstić information content (AvgIpc) is 2.04. The van der Waals surface area contributed by atoms with Gasteiger partial charge in [-0.25, -0.2) is 0 Å². The number of pyridine rings is 1. The minimum atomic E-state index is 0.783. The first-order valence-electron chi connectivity index (χ1n) is 3.80. The molecule has 1 aromatic heterocycles. The van der Waals surface area contributed by atoms with Crippen molar-refractivity contribution >= 4 is 0 Å². The van der Waals surface area contributed by atoms with Crippen molar-refractivity contribution in [1.82, 2.24) is 4.98 Å². The largest absolute Gasteiger partial charge is 0.493 e. The summed E-state index contributed by atoms with van der Waals surface area (Å²) in [5.41, 5.74) is 1.99. The minimum absolute atomic E-state index is 0.783. The number of nitrogens with zero attached hydrogens (tertiary/aromatic N) is 1. The van der Waals surface area contributed by atoms with Crippen molar-refractivity contribution in [2.75, 3.05) is 6.61 Å². The monoisotopic (exact) mass is 148 g/mol. The average molecular weight is 148 g/mol. The summed E-state index contributed by atoms with van der Waals surface area (Å²) in [4.78, 5) is 4.10. The van der Waals surface area contributed by atoms with Gasteiger partial charge in [-0.05, 0) is 19.8 Å². The van der Waals surface area contributed by atoms with Crippen LogP contribution in [-0.4, -0.2) is 11.6 Å². The van der Waals surface area contributed by atoms with E-state index in [1.54, 1.807) is 0 Å². The Morgan fingerprint density at radius 2 is 2.45 bits per heavy atom. The van der Waals surface area contributed by atoms with Gasteiger partial charge < -0.3 is 4.74 Å². The van der Waals surface area contributed by atoms with Gasteiger partial charge in [0.15, 0.2) is 0 Å². The van der Waals surface area contributed by atoms with Gasteiger partial charge in [0.1, 0.15) is 5.75 Å². The molecule has 1 radical (unpaired) electrons. The first-order chi connectivity index (χ1) is 5.36. The maximum atomic E-state index is 5.42. The van der Waals surface area contributed by atoms with Crippen LogP contribution in [0.5, 0.6) is 5.75 Å². The highest BCUT2D eigenvalue weighted by Crippen LogP contribution is 2.23. The highest BCUT2D eigenvalue weighted by molar-refractivity contribution is 5.35. The fourth-order valence-corrected chi connectivity index (χ4v) is 1.27.